The van der Waals surface area contributed by atoms with Gasteiger partial charge in [-0.25, -0.2) is 9.78 Å². The fourth-order valence-electron chi connectivity index (χ4n) is 2.24. The molecule has 1 atom stereocenters. The van der Waals surface area contributed by atoms with Crippen LogP contribution in [0.25, 0.3) is 0 Å². The Labute approximate surface area is 119 Å². The first kappa shape index (κ1) is 16.1. The summed E-state index contributed by atoms with van der Waals surface area (Å²) in [5.74, 6) is -0.866. The Hall–Kier alpha value is -1.91. The Kier molecular flexibility index (Phi) is 5.25. The number of nitrogens with zero attached hydrogens (tertiary/aromatic N) is 1. The molecule has 1 aromatic heterocycles. The highest BCUT2D eigenvalue weighted by atomic mass is 16.4. The molecule has 0 spiro atoms. The summed E-state index contributed by atoms with van der Waals surface area (Å²) in [5.41, 5.74) is 0.678. The number of aromatic carboxylic acids is 1. The van der Waals surface area contributed by atoms with E-state index in [0.717, 1.165) is 6.42 Å². The molecule has 110 valence electrons. The van der Waals surface area contributed by atoms with E-state index in [9.17, 15) is 9.59 Å². The predicted octanol–water partition coefficient (Wildman–Crippen LogP) is 3.18. The SMILES string of the molecule is CC(CC(=O)Nc1ccc(C(=O)O)nc1)CC(C)(C)C. The van der Waals surface area contributed by atoms with Crippen LogP contribution in [0.5, 0.6) is 0 Å². The number of carboxylic acids is 1. The van der Waals surface area contributed by atoms with Crippen molar-refractivity contribution in [2.45, 2.75) is 40.5 Å². The lowest BCUT2D eigenvalue weighted by molar-refractivity contribution is -0.117. The van der Waals surface area contributed by atoms with Gasteiger partial charge in [0, 0.05) is 6.42 Å². The van der Waals surface area contributed by atoms with Gasteiger partial charge in [0.05, 0.1) is 11.9 Å². The van der Waals surface area contributed by atoms with Crippen LogP contribution in [0.3, 0.4) is 0 Å². The highest BCUT2D eigenvalue weighted by Crippen LogP contribution is 2.26. The maximum absolute atomic E-state index is 11.9. The lowest BCUT2D eigenvalue weighted by atomic mass is 9.84. The van der Waals surface area contributed by atoms with E-state index in [1.165, 1.54) is 12.3 Å². The van der Waals surface area contributed by atoms with E-state index < -0.39 is 5.97 Å². The topological polar surface area (TPSA) is 79.3 Å². The van der Waals surface area contributed by atoms with Gasteiger partial charge < -0.3 is 10.4 Å². The van der Waals surface area contributed by atoms with Crippen LogP contribution in [0.2, 0.25) is 0 Å². The first-order chi connectivity index (χ1) is 9.17. The molecule has 2 N–H and O–H groups in total. The van der Waals surface area contributed by atoms with Crippen LogP contribution >= 0.6 is 0 Å². The minimum atomic E-state index is -1.08. The molecule has 1 heterocycles. The average Bonchev–Trinajstić information content (AvgIpc) is 2.26. The summed E-state index contributed by atoms with van der Waals surface area (Å²) in [6.45, 7) is 8.50. The quantitative estimate of drug-likeness (QED) is 0.867. The summed E-state index contributed by atoms with van der Waals surface area (Å²) >= 11 is 0. The molecule has 0 radical (unpaired) electrons. The lowest BCUT2D eigenvalue weighted by Crippen LogP contribution is -2.19. The second-order valence-corrected chi connectivity index (χ2v) is 6.36. The number of carbonyl (C=O) groups is 2. The highest BCUT2D eigenvalue weighted by molar-refractivity contribution is 5.91. The van der Waals surface area contributed by atoms with E-state index >= 15 is 0 Å². The highest BCUT2D eigenvalue weighted by Gasteiger charge is 2.17. The first-order valence-electron chi connectivity index (χ1n) is 6.66. The molecule has 0 saturated carbocycles. The molecule has 0 aliphatic carbocycles. The minimum absolute atomic E-state index is 0.0379. The lowest BCUT2D eigenvalue weighted by Gasteiger charge is -2.22. The van der Waals surface area contributed by atoms with Gasteiger partial charge in [0.2, 0.25) is 5.91 Å². The van der Waals surface area contributed by atoms with Crippen molar-refractivity contribution in [3.8, 4) is 0 Å². The first-order valence-corrected chi connectivity index (χ1v) is 6.66. The largest absolute Gasteiger partial charge is 0.477 e. The number of rotatable bonds is 5. The van der Waals surface area contributed by atoms with E-state index in [1.807, 2.05) is 0 Å². The fourth-order valence-corrected chi connectivity index (χ4v) is 2.24. The van der Waals surface area contributed by atoms with Crippen molar-refractivity contribution in [2.24, 2.45) is 11.3 Å². The molecule has 1 amide bonds. The van der Waals surface area contributed by atoms with E-state index in [1.54, 1.807) is 6.07 Å². The number of aromatic nitrogens is 1. The Morgan fingerprint density at radius 1 is 1.35 bits per heavy atom. The standard InChI is InChI=1S/C15H22N2O3/c1-10(8-15(2,3)4)7-13(18)17-11-5-6-12(14(19)20)16-9-11/h5-6,9-10H,7-8H2,1-4H3,(H,17,18)(H,19,20). The third kappa shape index (κ3) is 5.82. The Balaban J connectivity index is 2.52. The molecule has 0 aliphatic rings. The summed E-state index contributed by atoms with van der Waals surface area (Å²) in [4.78, 5) is 26.3. The normalized spacial score (nSPS) is 12.8. The molecule has 5 nitrogen and oxygen atoms in total. The van der Waals surface area contributed by atoms with E-state index in [4.69, 9.17) is 5.11 Å². The van der Waals surface area contributed by atoms with Crippen molar-refractivity contribution in [2.75, 3.05) is 5.32 Å². The van der Waals surface area contributed by atoms with Crippen LogP contribution in [0.15, 0.2) is 18.3 Å². The predicted molar refractivity (Wildman–Crippen MR) is 77.7 cm³/mol. The van der Waals surface area contributed by atoms with Crippen LogP contribution in [0.4, 0.5) is 5.69 Å². The van der Waals surface area contributed by atoms with Crippen molar-refractivity contribution < 1.29 is 14.7 Å². The fraction of sp³-hybridized carbons (Fsp3) is 0.533. The Bertz CT molecular complexity index is 475. The van der Waals surface area contributed by atoms with Gasteiger partial charge in [-0.15, -0.1) is 0 Å². The zero-order valence-electron chi connectivity index (χ0n) is 12.4. The molecule has 0 saturated heterocycles. The molecule has 0 fully saturated rings. The van der Waals surface area contributed by atoms with Crippen LogP contribution in [0.1, 0.15) is 51.0 Å². The van der Waals surface area contributed by atoms with Gasteiger partial charge in [-0.05, 0) is 29.9 Å². The number of amides is 1. The Morgan fingerprint density at radius 2 is 2.00 bits per heavy atom. The number of carboxylic acid groups (broad SMARTS) is 1. The second-order valence-electron chi connectivity index (χ2n) is 6.36. The number of hydrogen-bond acceptors (Lipinski definition) is 3. The van der Waals surface area contributed by atoms with E-state index in [0.29, 0.717) is 18.0 Å². The van der Waals surface area contributed by atoms with Crippen molar-refractivity contribution in [1.82, 2.24) is 4.98 Å². The third-order valence-corrected chi connectivity index (χ3v) is 2.76. The number of nitrogens with one attached hydrogen (secondary N) is 1. The molecule has 5 heteroatoms. The maximum Gasteiger partial charge on any atom is 0.354 e. The Morgan fingerprint density at radius 3 is 2.45 bits per heavy atom. The molecule has 1 rings (SSSR count). The number of anilines is 1. The molecule has 1 unspecified atom stereocenters. The van der Waals surface area contributed by atoms with Crippen molar-refractivity contribution >= 4 is 17.6 Å². The van der Waals surface area contributed by atoms with Crippen molar-refractivity contribution in [3.63, 3.8) is 0 Å². The van der Waals surface area contributed by atoms with Crippen molar-refractivity contribution in [3.05, 3.63) is 24.0 Å². The summed E-state index contributed by atoms with van der Waals surface area (Å²) in [6, 6.07) is 2.92. The third-order valence-electron chi connectivity index (χ3n) is 2.76. The van der Waals surface area contributed by atoms with Crippen LogP contribution in [0, 0.1) is 11.3 Å². The van der Waals surface area contributed by atoms with Gasteiger partial charge in [0.25, 0.3) is 0 Å². The number of hydrogen-bond donors (Lipinski definition) is 2. The smallest absolute Gasteiger partial charge is 0.354 e. The van der Waals surface area contributed by atoms with Gasteiger partial charge in [0.1, 0.15) is 5.69 Å². The van der Waals surface area contributed by atoms with Gasteiger partial charge >= 0.3 is 5.97 Å². The molecular formula is C15H22N2O3. The number of pyridine rings is 1. The molecule has 20 heavy (non-hydrogen) atoms. The minimum Gasteiger partial charge on any atom is -0.477 e. The molecule has 0 aromatic carbocycles. The second kappa shape index (κ2) is 6.50. The average molecular weight is 278 g/mol. The number of carbonyl (C=O) groups excluding carboxylic acids is 1. The molecular weight excluding hydrogens is 256 g/mol. The van der Waals surface area contributed by atoms with Crippen LogP contribution in [-0.2, 0) is 4.79 Å². The zero-order valence-corrected chi connectivity index (χ0v) is 12.4. The summed E-state index contributed by atoms with van der Waals surface area (Å²) in [5, 5.41) is 11.5. The summed E-state index contributed by atoms with van der Waals surface area (Å²) < 4.78 is 0. The van der Waals surface area contributed by atoms with Gasteiger partial charge in [-0.2, -0.15) is 0 Å². The molecule has 1 aromatic rings. The molecule has 0 bridgehead atoms. The zero-order chi connectivity index (χ0) is 15.3. The van der Waals surface area contributed by atoms with Gasteiger partial charge in [-0.1, -0.05) is 27.7 Å². The van der Waals surface area contributed by atoms with Crippen LogP contribution < -0.4 is 5.32 Å². The summed E-state index contributed by atoms with van der Waals surface area (Å²) in [6.07, 6.45) is 2.77. The monoisotopic (exact) mass is 278 g/mol. The van der Waals surface area contributed by atoms with E-state index in [2.05, 4.69) is 38.0 Å². The maximum atomic E-state index is 11.9. The summed E-state index contributed by atoms with van der Waals surface area (Å²) in [7, 11) is 0. The van der Waals surface area contributed by atoms with Gasteiger partial charge in [-0.3, -0.25) is 4.79 Å². The van der Waals surface area contributed by atoms with Crippen molar-refractivity contribution in [1.29, 1.82) is 0 Å². The van der Waals surface area contributed by atoms with Gasteiger partial charge in [0.15, 0.2) is 0 Å². The van der Waals surface area contributed by atoms with E-state index in [-0.39, 0.29) is 17.0 Å². The van der Waals surface area contributed by atoms with Crippen LogP contribution in [-0.4, -0.2) is 22.0 Å². The molecule has 0 aliphatic heterocycles.